The van der Waals surface area contributed by atoms with Gasteiger partial charge in [0, 0.05) is 35.3 Å². The van der Waals surface area contributed by atoms with Crippen LogP contribution in [0, 0.1) is 12.8 Å². The zero-order valence-electron chi connectivity index (χ0n) is 15.9. The molecule has 9 heteroatoms. The van der Waals surface area contributed by atoms with Crippen LogP contribution in [0.2, 0.25) is 5.02 Å². The Labute approximate surface area is 174 Å². The van der Waals surface area contributed by atoms with Crippen molar-refractivity contribution in [1.82, 2.24) is 4.90 Å². The van der Waals surface area contributed by atoms with Crippen molar-refractivity contribution in [3.63, 3.8) is 0 Å². The molecule has 1 heterocycles. The van der Waals surface area contributed by atoms with Gasteiger partial charge in [-0.25, -0.2) is 13.6 Å². The minimum atomic E-state index is -3.87. The summed E-state index contributed by atoms with van der Waals surface area (Å²) in [5.41, 5.74) is 1.45. The topological polar surface area (TPSA) is 110 Å². The van der Waals surface area contributed by atoms with Crippen LogP contribution >= 0.6 is 11.6 Å². The van der Waals surface area contributed by atoms with Crippen molar-refractivity contribution in [3.05, 3.63) is 58.6 Å². The molecule has 0 saturated carbocycles. The van der Waals surface area contributed by atoms with Crippen LogP contribution in [-0.2, 0) is 14.8 Å². The van der Waals surface area contributed by atoms with Crippen LogP contribution in [0.25, 0.3) is 0 Å². The molecule has 2 aromatic carbocycles. The van der Waals surface area contributed by atoms with Crippen LogP contribution in [0.3, 0.4) is 0 Å². The van der Waals surface area contributed by atoms with Gasteiger partial charge >= 0.3 is 0 Å². The number of hydrogen-bond acceptors (Lipinski definition) is 4. The molecule has 29 heavy (non-hydrogen) atoms. The summed E-state index contributed by atoms with van der Waals surface area (Å²) >= 11 is 5.86. The van der Waals surface area contributed by atoms with Crippen molar-refractivity contribution >= 4 is 39.1 Å². The maximum absolute atomic E-state index is 12.6. The fraction of sp³-hybridized carbons (Fsp3) is 0.300. The number of nitrogens with one attached hydrogen (secondary N) is 1. The minimum absolute atomic E-state index is 0.0151. The first kappa shape index (κ1) is 21.3. The molecule has 0 aromatic heterocycles. The van der Waals surface area contributed by atoms with E-state index in [9.17, 15) is 18.0 Å². The molecule has 3 rings (SSSR count). The lowest BCUT2D eigenvalue weighted by atomic mass is 9.95. The number of nitrogens with zero attached hydrogens (tertiary/aromatic N) is 1. The maximum atomic E-state index is 12.6. The molecule has 154 valence electrons. The van der Waals surface area contributed by atoms with E-state index < -0.39 is 10.0 Å². The summed E-state index contributed by atoms with van der Waals surface area (Å²) in [6.45, 7) is 2.57. The first-order valence-electron chi connectivity index (χ1n) is 9.14. The normalized spacial score (nSPS) is 15.2. The SMILES string of the molecule is Cc1ccc(NC(=O)C2CCN(C(=O)c3ccc(Cl)cc3)CC2)cc1S(N)(=O)=O. The lowest BCUT2D eigenvalue weighted by Crippen LogP contribution is -2.41. The monoisotopic (exact) mass is 435 g/mol. The molecule has 0 radical (unpaired) electrons. The van der Waals surface area contributed by atoms with E-state index in [-0.39, 0.29) is 22.6 Å². The van der Waals surface area contributed by atoms with Crippen LogP contribution in [-0.4, -0.2) is 38.2 Å². The van der Waals surface area contributed by atoms with Crippen LogP contribution in [0.1, 0.15) is 28.8 Å². The second kappa shape index (κ2) is 8.52. The maximum Gasteiger partial charge on any atom is 0.253 e. The zero-order chi connectivity index (χ0) is 21.2. The Bertz CT molecular complexity index is 1030. The fourth-order valence-corrected chi connectivity index (χ4v) is 4.28. The van der Waals surface area contributed by atoms with Gasteiger partial charge in [-0.3, -0.25) is 9.59 Å². The summed E-state index contributed by atoms with van der Waals surface area (Å²) in [7, 11) is -3.87. The average Bonchev–Trinajstić information content (AvgIpc) is 2.68. The first-order valence-corrected chi connectivity index (χ1v) is 11.1. The molecule has 1 saturated heterocycles. The van der Waals surface area contributed by atoms with E-state index in [4.69, 9.17) is 16.7 Å². The number of likely N-dealkylation sites (tertiary alicyclic amines) is 1. The van der Waals surface area contributed by atoms with Crippen LogP contribution in [0.5, 0.6) is 0 Å². The summed E-state index contributed by atoms with van der Waals surface area (Å²) in [6, 6.07) is 11.3. The second-order valence-corrected chi connectivity index (χ2v) is 9.05. The van der Waals surface area contributed by atoms with E-state index in [1.807, 2.05) is 0 Å². The van der Waals surface area contributed by atoms with E-state index in [0.717, 1.165) is 0 Å². The van der Waals surface area contributed by atoms with Crippen molar-refractivity contribution in [3.8, 4) is 0 Å². The minimum Gasteiger partial charge on any atom is -0.339 e. The van der Waals surface area contributed by atoms with Gasteiger partial charge in [0.15, 0.2) is 0 Å². The number of carbonyl (C=O) groups is 2. The van der Waals surface area contributed by atoms with Crippen molar-refractivity contribution in [2.24, 2.45) is 11.1 Å². The number of primary sulfonamides is 1. The molecular formula is C20H22ClN3O4S. The summed E-state index contributed by atoms with van der Waals surface area (Å²) < 4.78 is 23.3. The summed E-state index contributed by atoms with van der Waals surface area (Å²) in [5.74, 6) is -0.548. The van der Waals surface area contributed by atoms with E-state index >= 15 is 0 Å². The lowest BCUT2D eigenvalue weighted by molar-refractivity contribution is -0.121. The molecular weight excluding hydrogens is 414 g/mol. The molecule has 3 N–H and O–H groups in total. The summed E-state index contributed by atoms with van der Waals surface area (Å²) in [6.07, 6.45) is 1.05. The lowest BCUT2D eigenvalue weighted by Gasteiger charge is -2.31. The Morgan fingerprint density at radius 1 is 1.10 bits per heavy atom. The van der Waals surface area contributed by atoms with Crippen molar-refractivity contribution in [2.45, 2.75) is 24.7 Å². The number of carbonyl (C=O) groups excluding carboxylic acids is 2. The number of halogens is 1. The van der Waals surface area contributed by atoms with Crippen LogP contribution in [0.4, 0.5) is 5.69 Å². The van der Waals surface area contributed by atoms with Crippen molar-refractivity contribution in [2.75, 3.05) is 18.4 Å². The Morgan fingerprint density at radius 3 is 2.31 bits per heavy atom. The van der Waals surface area contributed by atoms with Gasteiger partial charge in [0.05, 0.1) is 4.90 Å². The molecule has 1 aliphatic rings. The zero-order valence-corrected chi connectivity index (χ0v) is 17.5. The van der Waals surface area contributed by atoms with Gasteiger partial charge in [0.1, 0.15) is 0 Å². The molecule has 0 spiro atoms. The molecule has 0 bridgehead atoms. The molecule has 1 aliphatic heterocycles. The Balaban J connectivity index is 1.60. The van der Waals surface area contributed by atoms with Gasteiger partial charge in [-0.05, 0) is 61.7 Å². The highest BCUT2D eigenvalue weighted by atomic mass is 35.5. The van der Waals surface area contributed by atoms with Gasteiger partial charge < -0.3 is 10.2 Å². The van der Waals surface area contributed by atoms with E-state index in [1.54, 1.807) is 48.2 Å². The second-order valence-electron chi connectivity index (χ2n) is 7.09. The molecule has 1 fully saturated rings. The number of hydrogen-bond donors (Lipinski definition) is 2. The molecule has 2 aromatic rings. The third-order valence-corrected chi connectivity index (χ3v) is 6.31. The van der Waals surface area contributed by atoms with Gasteiger partial charge in [-0.15, -0.1) is 0 Å². The standard InChI is InChI=1S/C20H22ClN3O4S/c1-13-2-7-17(12-18(13)29(22,27)28)23-19(25)14-8-10-24(11-9-14)20(26)15-3-5-16(21)6-4-15/h2-7,12,14H,8-11H2,1H3,(H,23,25)(H2,22,27,28). The predicted octanol–water partition coefficient (Wildman–Crippen LogP) is 2.79. The van der Waals surface area contributed by atoms with Crippen molar-refractivity contribution < 1.29 is 18.0 Å². The van der Waals surface area contributed by atoms with Gasteiger partial charge in [-0.1, -0.05) is 17.7 Å². The highest BCUT2D eigenvalue weighted by Gasteiger charge is 2.28. The third kappa shape index (κ3) is 5.14. The number of aryl methyl sites for hydroxylation is 1. The number of sulfonamides is 1. The first-order chi connectivity index (χ1) is 13.6. The van der Waals surface area contributed by atoms with Crippen LogP contribution in [0.15, 0.2) is 47.4 Å². The number of anilines is 1. The van der Waals surface area contributed by atoms with E-state index in [2.05, 4.69) is 5.32 Å². The predicted molar refractivity (Wildman–Crippen MR) is 111 cm³/mol. The molecule has 0 unspecified atom stereocenters. The quantitative estimate of drug-likeness (QED) is 0.769. The summed E-state index contributed by atoms with van der Waals surface area (Å²) in [5, 5.41) is 8.54. The van der Waals surface area contributed by atoms with Crippen molar-refractivity contribution in [1.29, 1.82) is 0 Å². The Morgan fingerprint density at radius 2 is 1.72 bits per heavy atom. The Kier molecular flexibility index (Phi) is 6.26. The Hall–Kier alpha value is -2.42. The summed E-state index contributed by atoms with van der Waals surface area (Å²) in [4.78, 5) is 26.8. The van der Waals surface area contributed by atoms with Crippen LogP contribution < -0.4 is 10.5 Å². The molecule has 7 nitrogen and oxygen atoms in total. The number of benzene rings is 2. The highest BCUT2D eigenvalue weighted by Crippen LogP contribution is 2.23. The number of nitrogens with two attached hydrogens (primary N) is 1. The fourth-order valence-electron chi connectivity index (χ4n) is 3.35. The molecule has 0 aliphatic carbocycles. The number of rotatable bonds is 4. The molecule has 0 atom stereocenters. The van der Waals surface area contributed by atoms with E-state index in [0.29, 0.717) is 47.8 Å². The highest BCUT2D eigenvalue weighted by molar-refractivity contribution is 7.89. The van der Waals surface area contributed by atoms with Gasteiger partial charge in [0.2, 0.25) is 15.9 Å². The average molecular weight is 436 g/mol. The van der Waals surface area contributed by atoms with E-state index in [1.165, 1.54) is 6.07 Å². The smallest absolute Gasteiger partial charge is 0.253 e. The number of amides is 2. The van der Waals surface area contributed by atoms with Gasteiger partial charge in [0.25, 0.3) is 5.91 Å². The number of piperidine rings is 1. The molecule has 2 amide bonds. The third-order valence-electron chi connectivity index (χ3n) is 5.01. The largest absolute Gasteiger partial charge is 0.339 e. The van der Waals surface area contributed by atoms with Gasteiger partial charge in [-0.2, -0.15) is 0 Å².